The van der Waals surface area contributed by atoms with Gasteiger partial charge in [0.2, 0.25) is 5.78 Å². The maximum absolute atomic E-state index is 13.1. The molecule has 0 spiro atoms. The minimum atomic E-state index is -4.47. The topological polar surface area (TPSA) is 34.1 Å². The van der Waals surface area contributed by atoms with Gasteiger partial charge in [0.1, 0.15) is 0 Å². The van der Waals surface area contributed by atoms with E-state index in [9.17, 15) is 22.8 Å². The Labute approximate surface area is 143 Å². The van der Waals surface area contributed by atoms with Crippen LogP contribution in [0.2, 0.25) is 0 Å². The highest BCUT2D eigenvalue weighted by molar-refractivity contribution is 6.36. The van der Waals surface area contributed by atoms with Crippen molar-refractivity contribution in [2.24, 2.45) is 0 Å². The highest BCUT2D eigenvalue weighted by Gasteiger charge is 2.33. The molecule has 25 heavy (non-hydrogen) atoms. The summed E-state index contributed by atoms with van der Waals surface area (Å²) in [6.45, 7) is 2.80. The van der Waals surface area contributed by atoms with Crippen molar-refractivity contribution >= 4 is 11.6 Å². The van der Waals surface area contributed by atoms with Crippen LogP contribution in [0.15, 0.2) is 42.5 Å². The molecule has 0 unspecified atom stereocenters. The molecule has 0 amide bonds. The molecule has 5 heteroatoms. The van der Waals surface area contributed by atoms with Gasteiger partial charge in [-0.3, -0.25) is 9.59 Å². The molecule has 0 heterocycles. The Hall–Kier alpha value is -2.87. The van der Waals surface area contributed by atoms with E-state index < -0.39 is 23.3 Å². The van der Waals surface area contributed by atoms with E-state index in [-0.39, 0.29) is 12.0 Å². The summed E-state index contributed by atoms with van der Waals surface area (Å²) in [5.41, 5.74) is 0.833. The number of ketones is 2. The summed E-state index contributed by atoms with van der Waals surface area (Å²) >= 11 is 0. The Balaban J connectivity index is 2.25. The van der Waals surface area contributed by atoms with Crippen LogP contribution >= 0.6 is 0 Å². The van der Waals surface area contributed by atoms with Gasteiger partial charge in [0, 0.05) is 24.5 Å². The number of carbonyl (C=O) groups excluding carboxylic acids is 2. The van der Waals surface area contributed by atoms with E-state index in [1.54, 1.807) is 37.3 Å². The van der Waals surface area contributed by atoms with Crippen LogP contribution < -0.4 is 0 Å². The first-order valence-corrected chi connectivity index (χ1v) is 7.49. The quantitative estimate of drug-likeness (QED) is 0.620. The minimum absolute atomic E-state index is 0.000768. The summed E-state index contributed by atoms with van der Waals surface area (Å²) in [5.74, 6) is 4.24. The van der Waals surface area contributed by atoms with Gasteiger partial charge >= 0.3 is 6.18 Å². The lowest BCUT2D eigenvalue weighted by atomic mass is 10.0. The van der Waals surface area contributed by atoms with Crippen LogP contribution in [0.5, 0.6) is 0 Å². The summed E-state index contributed by atoms with van der Waals surface area (Å²) in [5, 5.41) is 0. The molecule has 0 radical (unpaired) electrons. The highest BCUT2D eigenvalue weighted by atomic mass is 19.4. The Kier molecular flexibility index (Phi) is 5.43. The summed E-state index contributed by atoms with van der Waals surface area (Å²) in [6, 6.07) is 10.5. The molecule has 0 bridgehead atoms. The van der Waals surface area contributed by atoms with Crippen molar-refractivity contribution in [3.63, 3.8) is 0 Å². The van der Waals surface area contributed by atoms with Gasteiger partial charge in [0.25, 0.3) is 0 Å². The number of alkyl halides is 3. The molecule has 0 saturated carbocycles. The number of hydrogen-bond acceptors (Lipinski definition) is 2. The molecule has 2 rings (SSSR count). The van der Waals surface area contributed by atoms with Crippen molar-refractivity contribution < 1.29 is 22.8 Å². The number of benzene rings is 2. The van der Waals surface area contributed by atoms with Gasteiger partial charge in [-0.05, 0) is 36.8 Å². The van der Waals surface area contributed by atoms with Crippen LogP contribution in [-0.2, 0) is 22.2 Å². The SMILES string of the molecule is CC(=O)C(=O)Cc1ccc(C#Cc2ccc(C)cc2C(F)(F)F)cc1. The maximum Gasteiger partial charge on any atom is 0.417 e. The van der Waals surface area contributed by atoms with Crippen LogP contribution in [0.1, 0.15) is 34.7 Å². The zero-order chi connectivity index (χ0) is 18.6. The molecule has 0 aliphatic heterocycles. The van der Waals surface area contributed by atoms with Crippen LogP contribution in [0.3, 0.4) is 0 Å². The van der Waals surface area contributed by atoms with Crippen molar-refractivity contribution in [2.75, 3.05) is 0 Å². The van der Waals surface area contributed by atoms with Gasteiger partial charge in [0.15, 0.2) is 5.78 Å². The number of hydrogen-bond donors (Lipinski definition) is 0. The van der Waals surface area contributed by atoms with Crippen molar-refractivity contribution in [2.45, 2.75) is 26.4 Å². The van der Waals surface area contributed by atoms with Crippen LogP contribution in [-0.4, -0.2) is 11.6 Å². The average Bonchev–Trinajstić information content (AvgIpc) is 2.54. The molecule has 2 aromatic carbocycles. The summed E-state index contributed by atoms with van der Waals surface area (Å²) < 4.78 is 39.2. The van der Waals surface area contributed by atoms with Crippen LogP contribution in [0.25, 0.3) is 0 Å². The summed E-state index contributed by atoms with van der Waals surface area (Å²) in [4.78, 5) is 22.3. The van der Waals surface area contributed by atoms with Crippen molar-refractivity contribution in [3.8, 4) is 11.8 Å². The minimum Gasteiger partial charge on any atom is -0.291 e. The van der Waals surface area contributed by atoms with E-state index in [1.807, 2.05) is 0 Å². The molecule has 0 atom stereocenters. The predicted octanol–water partition coefficient (Wildman–Crippen LogP) is 4.11. The number of Topliss-reactive ketones (excluding diaryl/α,β-unsaturated/α-hetero) is 2. The number of halogens is 3. The fourth-order valence-electron chi connectivity index (χ4n) is 2.16. The first-order chi connectivity index (χ1) is 11.7. The second-order valence-corrected chi connectivity index (χ2v) is 5.65. The largest absolute Gasteiger partial charge is 0.417 e. The zero-order valence-corrected chi connectivity index (χ0v) is 13.7. The fourth-order valence-corrected chi connectivity index (χ4v) is 2.16. The first-order valence-electron chi connectivity index (χ1n) is 7.49. The highest BCUT2D eigenvalue weighted by Crippen LogP contribution is 2.32. The zero-order valence-electron chi connectivity index (χ0n) is 13.7. The standard InChI is InChI=1S/C20H15F3O2/c1-13-3-9-17(18(11-13)20(21,22)23)10-8-15-4-6-16(7-5-15)12-19(25)14(2)24/h3-7,9,11H,12H2,1-2H3. The molecule has 0 aromatic heterocycles. The Morgan fingerprint density at radius 3 is 2.20 bits per heavy atom. The van der Waals surface area contributed by atoms with Crippen LogP contribution in [0.4, 0.5) is 13.2 Å². The normalized spacial score (nSPS) is 10.8. The summed E-state index contributed by atoms with van der Waals surface area (Å²) in [7, 11) is 0. The van der Waals surface area contributed by atoms with Gasteiger partial charge in [-0.15, -0.1) is 0 Å². The van der Waals surface area contributed by atoms with Gasteiger partial charge in [-0.2, -0.15) is 13.2 Å². The van der Waals surface area contributed by atoms with E-state index in [1.165, 1.54) is 13.0 Å². The molecular weight excluding hydrogens is 329 g/mol. The summed E-state index contributed by atoms with van der Waals surface area (Å²) in [6.07, 6.45) is -4.47. The lowest BCUT2D eigenvalue weighted by Gasteiger charge is -2.09. The third-order valence-corrected chi connectivity index (χ3v) is 3.53. The number of aryl methyl sites for hydroxylation is 1. The van der Waals surface area contributed by atoms with Gasteiger partial charge in [-0.25, -0.2) is 0 Å². The molecule has 0 saturated heterocycles. The van der Waals surface area contributed by atoms with E-state index in [0.717, 1.165) is 6.07 Å². The van der Waals surface area contributed by atoms with Crippen molar-refractivity contribution in [1.82, 2.24) is 0 Å². The third-order valence-electron chi connectivity index (χ3n) is 3.53. The molecule has 0 fully saturated rings. The number of carbonyl (C=O) groups is 2. The predicted molar refractivity (Wildman–Crippen MR) is 88.0 cm³/mol. The molecular formula is C20H15F3O2. The first kappa shape index (κ1) is 18.5. The second kappa shape index (κ2) is 7.35. The Bertz CT molecular complexity index is 867. The molecule has 2 nitrogen and oxygen atoms in total. The van der Waals surface area contributed by atoms with E-state index in [4.69, 9.17) is 0 Å². The molecule has 128 valence electrons. The molecule has 2 aromatic rings. The van der Waals surface area contributed by atoms with E-state index in [2.05, 4.69) is 11.8 Å². The van der Waals surface area contributed by atoms with Gasteiger partial charge < -0.3 is 0 Å². The Morgan fingerprint density at radius 1 is 1.00 bits per heavy atom. The average molecular weight is 344 g/mol. The van der Waals surface area contributed by atoms with E-state index >= 15 is 0 Å². The van der Waals surface area contributed by atoms with Crippen molar-refractivity contribution in [1.29, 1.82) is 0 Å². The van der Waals surface area contributed by atoms with Gasteiger partial charge in [-0.1, -0.05) is 35.6 Å². The lowest BCUT2D eigenvalue weighted by molar-refractivity contribution is -0.137. The fraction of sp³-hybridized carbons (Fsp3) is 0.200. The second-order valence-electron chi connectivity index (χ2n) is 5.65. The smallest absolute Gasteiger partial charge is 0.291 e. The monoisotopic (exact) mass is 344 g/mol. The lowest BCUT2D eigenvalue weighted by Crippen LogP contribution is -2.12. The molecule has 0 aliphatic rings. The molecule has 0 aliphatic carbocycles. The Morgan fingerprint density at radius 2 is 1.64 bits per heavy atom. The van der Waals surface area contributed by atoms with E-state index in [0.29, 0.717) is 16.7 Å². The number of rotatable bonds is 3. The van der Waals surface area contributed by atoms with Crippen LogP contribution in [0, 0.1) is 18.8 Å². The van der Waals surface area contributed by atoms with Crippen molar-refractivity contribution in [3.05, 3.63) is 70.3 Å². The van der Waals surface area contributed by atoms with Gasteiger partial charge in [0.05, 0.1) is 5.56 Å². The molecule has 0 N–H and O–H groups in total. The third kappa shape index (κ3) is 5.05. The maximum atomic E-state index is 13.1.